The molecule has 0 bridgehead atoms. The van der Waals surface area contributed by atoms with Gasteiger partial charge in [-0.25, -0.2) is 19.6 Å². The lowest BCUT2D eigenvalue weighted by atomic mass is 9.80. The van der Waals surface area contributed by atoms with Gasteiger partial charge in [-0.05, 0) is 75.7 Å². The van der Waals surface area contributed by atoms with E-state index < -0.39 is 23.4 Å². The second-order valence-corrected chi connectivity index (χ2v) is 10.9. The van der Waals surface area contributed by atoms with Crippen molar-refractivity contribution in [1.82, 2.24) is 15.3 Å². The Labute approximate surface area is 192 Å². The molecule has 2 N–H and O–H groups in total. The lowest BCUT2D eigenvalue weighted by molar-refractivity contribution is 0.0494. The fraction of sp³-hybridized carbons (Fsp3) is 0.714. The summed E-state index contributed by atoms with van der Waals surface area (Å²) in [4.78, 5) is 35.0. The van der Waals surface area contributed by atoms with Crippen LogP contribution in [-0.2, 0) is 9.47 Å². The zero-order valence-electron chi connectivity index (χ0n) is 19.5. The molecule has 0 aliphatic carbocycles. The van der Waals surface area contributed by atoms with Gasteiger partial charge in [0.2, 0.25) is 0 Å². The molecule has 174 valence electrons. The molecule has 31 heavy (non-hydrogen) atoms. The monoisotopic (exact) mass is 499 g/mol. The molecule has 2 heterocycles. The second kappa shape index (κ2) is 9.58. The number of alkyl carbamates (subject to hydrolysis) is 1. The molecule has 2 amide bonds. The van der Waals surface area contributed by atoms with E-state index in [9.17, 15) is 9.59 Å². The van der Waals surface area contributed by atoms with Gasteiger partial charge in [0.1, 0.15) is 21.6 Å². The summed E-state index contributed by atoms with van der Waals surface area (Å²) in [6, 6.07) is 0. The number of halogens is 1. The molecule has 1 aliphatic heterocycles. The number of piperidine rings is 1. The van der Waals surface area contributed by atoms with E-state index in [4.69, 9.17) is 9.47 Å². The van der Waals surface area contributed by atoms with Crippen molar-refractivity contribution in [3.05, 3.63) is 10.8 Å². The van der Waals surface area contributed by atoms with Gasteiger partial charge < -0.3 is 19.7 Å². The molecule has 0 atom stereocenters. The van der Waals surface area contributed by atoms with Gasteiger partial charge in [-0.2, -0.15) is 0 Å². The molecule has 10 heteroatoms. The molecule has 0 spiro atoms. The van der Waals surface area contributed by atoms with E-state index in [1.165, 1.54) is 0 Å². The van der Waals surface area contributed by atoms with E-state index in [1.807, 2.05) is 20.8 Å². The van der Waals surface area contributed by atoms with Crippen LogP contribution in [-0.4, -0.2) is 53.0 Å². The summed E-state index contributed by atoms with van der Waals surface area (Å²) in [6.45, 7) is 15.2. The summed E-state index contributed by atoms with van der Waals surface area (Å²) < 4.78 is 11.0. The van der Waals surface area contributed by atoms with Crippen molar-refractivity contribution in [2.24, 2.45) is 5.41 Å². The highest BCUT2D eigenvalue weighted by atomic mass is 79.9. The normalized spacial score (nSPS) is 16.5. The van der Waals surface area contributed by atoms with Gasteiger partial charge in [0.05, 0.1) is 6.20 Å². The Bertz CT molecular complexity index is 796. The predicted molar refractivity (Wildman–Crippen MR) is 123 cm³/mol. The third kappa shape index (κ3) is 8.51. The lowest BCUT2D eigenvalue weighted by Crippen LogP contribution is -2.46. The molecule has 1 aliphatic rings. The molecular weight excluding hydrogens is 466 g/mol. The average molecular weight is 500 g/mol. The van der Waals surface area contributed by atoms with Crippen LogP contribution in [0.1, 0.15) is 61.3 Å². The fourth-order valence-electron chi connectivity index (χ4n) is 3.05. The molecule has 1 saturated heterocycles. The van der Waals surface area contributed by atoms with Crippen LogP contribution in [0.3, 0.4) is 0 Å². The van der Waals surface area contributed by atoms with Crippen LogP contribution in [0.4, 0.5) is 21.2 Å². The van der Waals surface area contributed by atoms with Crippen LogP contribution in [0.25, 0.3) is 0 Å². The van der Waals surface area contributed by atoms with Gasteiger partial charge in [0.25, 0.3) is 0 Å². The van der Waals surface area contributed by atoms with Crippen molar-refractivity contribution in [2.75, 3.05) is 29.9 Å². The third-order valence-corrected chi connectivity index (χ3v) is 5.27. The SMILES string of the molecule is CC1(CNC(=O)OC(C)(C)C)CCN(c2cnc(Br)c(NC(=O)OC(C)(C)C)n2)CC1. The first-order valence-electron chi connectivity index (χ1n) is 10.4. The van der Waals surface area contributed by atoms with Gasteiger partial charge in [-0.3, -0.25) is 5.32 Å². The van der Waals surface area contributed by atoms with Gasteiger partial charge in [0.15, 0.2) is 5.82 Å². The summed E-state index contributed by atoms with van der Waals surface area (Å²) >= 11 is 3.32. The molecule has 0 saturated carbocycles. The van der Waals surface area contributed by atoms with Gasteiger partial charge in [0, 0.05) is 19.6 Å². The Kier molecular flexibility index (Phi) is 7.78. The van der Waals surface area contributed by atoms with Crippen LogP contribution in [0.15, 0.2) is 10.8 Å². The molecule has 1 aromatic rings. The molecule has 2 rings (SSSR count). The number of ether oxygens (including phenoxy) is 2. The predicted octanol–water partition coefficient (Wildman–Crippen LogP) is 4.72. The standard InChI is InChI=1S/C21H34BrN5O4/c1-19(2,3)30-17(28)24-13-21(7)8-10-27(11-9-21)14-12-23-15(22)16(25-14)26-18(29)31-20(4,5)6/h12H,8-11,13H2,1-7H3,(H,24,28)(H,25,26,29). The minimum absolute atomic E-state index is 0.0339. The summed E-state index contributed by atoms with van der Waals surface area (Å²) in [5, 5.41) is 5.53. The van der Waals surface area contributed by atoms with Crippen LogP contribution < -0.4 is 15.5 Å². The Hall–Kier alpha value is -2.10. The van der Waals surface area contributed by atoms with Crippen molar-refractivity contribution in [1.29, 1.82) is 0 Å². The van der Waals surface area contributed by atoms with Crippen molar-refractivity contribution in [2.45, 2.75) is 72.5 Å². The highest BCUT2D eigenvalue weighted by Gasteiger charge is 2.32. The third-order valence-electron chi connectivity index (χ3n) is 4.69. The van der Waals surface area contributed by atoms with E-state index in [1.54, 1.807) is 27.0 Å². The molecule has 0 radical (unpaired) electrons. The largest absolute Gasteiger partial charge is 0.444 e. The maximum Gasteiger partial charge on any atom is 0.413 e. The van der Waals surface area contributed by atoms with E-state index in [0.717, 1.165) is 25.9 Å². The van der Waals surface area contributed by atoms with Crippen LogP contribution in [0.5, 0.6) is 0 Å². The summed E-state index contributed by atoms with van der Waals surface area (Å²) in [5.41, 5.74) is -1.15. The van der Waals surface area contributed by atoms with E-state index >= 15 is 0 Å². The number of amides is 2. The highest BCUT2D eigenvalue weighted by molar-refractivity contribution is 9.10. The summed E-state index contributed by atoms with van der Waals surface area (Å²) in [7, 11) is 0. The van der Waals surface area contributed by atoms with Gasteiger partial charge in [-0.1, -0.05) is 6.92 Å². The number of carbonyl (C=O) groups is 2. The number of aromatic nitrogens is 2. The van der Waals surface area contributed by atoms with Gasteiger partial charge in [-0.15, -0.1) is 0 Å². The quantitative estimate of drug-likeness (QED) is 0.617. The maximum atomic E-state index is 12.1. The van der Waals surface area contributed by atoms with Crippen molar-refractivity contribution in [3.8, 4) is 0 Å². The molecule has 1 fully saturated rings. The first-order chi connectivity index (χ1) is 14.2. The van der Waals surface area contributed by atoms with Crippen LogP contribution in [0, 0.1) is 5.41 Å². The van der Waals surface area contributed by atoms with E-state index in [-0.39, 0.29) is 5.41 Å². The second-order valence-electron chi connectivity index (χ2n) is 10.1. The smallest absolute Gasteiger partial charge is 0.413 e. The van der Waals surface area contributed by atoms with Crippen molar-refractivity contribution in [3.63, 3.8) is 0 Å². The average Bonchev–Trinajstić information content (AvgIpc) is 2.60. The number of carbonyl (C=O) groups excluding carboxylic acids is 2. The van der Waals surface area contributed by atoms with Crippen LogP contribution >= 0.6 is 15.9 Å². The Morgan fingerprint density at radius 3 is 2.19 bits per heavy atom. The van der Waals surface area contributed by atoms with E-state index in [2.05, 4.69) is 48.4 Å². The first-order valence-corrected chi connectivity index (χ1v) is 11.2. The number of anilines is 2. The number of hydrogen-bond acceptors (Lipinski definition) is 7. The minimum atomic E-state index is -0.605. The van der Waals surface area contributed by atoms with E-state index in [0.29, 0.717) is 22.8 Å². The molecule has 0 unspecified atom stereocenters. The number of hydrogen-bond donors (Lipinski definition) is 2. The van der Waals surface area contributed by atoms with Crippen molar-refractivity contribution >= 4 is 39.8 Å². The van der Waals surface area contributed by atoms with Gasteiger partial charge >= 0.3 is 12.2 Å². The minimum Gasteiger partial charge on any atom is -0.444 e. The summed E-state index contributed by atoms with van der Waals surface area (Å²) in [6.07, 6.45) is 2.43. The molecular formula is C21H34BrN5O4. The maximum absolute atomic E-state index is 12.1. The Morgan fingerprint density at radius 2 is 1.65 bits per heavy atom. The number of nitrogens with zero attached hydrogens (tertiary/aromatic N) is 3. The summed E-state index contributed by atoms with van der Waals surface area (Å²) in [5.74, 6) is 0.989. The Morgan fingerprint density at radius 1 is 1.10 bits per heavy atom. The molecule has 9 nitrogen and oxygen atoms in total. The van der Waals surface area contributed by atoms with Crippen molar-refractivity contribution < 1.29 is 19.1 Å². The number of rotatable bonds is 4. The van der Waals surface area contributed by atoms with Crippen LogP contribution in [0.2, 0.25) is 0 Å². The lowest BCUT2D eigenvalue weighted by Gasteiger charge is -2.40. The molecule has 0 aromatic carbocycles. The zero-order valence-corrected chi connectivity index (χ0v) is 21.1. The molecule has 1 aromatic heterocycles. The number of nitrogens with one attached hydrogen (secondary N) is 2. The first kappa shape index (κ1) is 25.2. The Balaban J connectivity index is 1.94. The fourth-order valence-corrected chi connectivity index (χ4v) is 3.34. The zero-order chi connectivity index (χ0) is 23.4. The highest BCUT2D eigenvalue weighted by Crippen LogP contribution is 2.33. The topological polar surface area (TPSA) is 106 Å².